The van der Waals surface area contributed by atoms with Gasteiger partial charge in [-0.15, -0.1) is 11.8 Å². The minimum absolute atomic E-state index is 0.0426. The molecule has 0 aromatic heterocycles. The molecule has 15 heavy (non-hydrogen) atoms. The number of hydrogen-bond acceptors (Lipinski definition) is 2. The predicted octanol–water partition coefficient (Wildman–Crippen LogP) is 2.93. The molecule has 0 aliphatic carbocycles. The van der Waals surface area contributed by atoms with Gasteiger partial charge in [0.25, 0.3) is 0 Å². The van der Waals surface area contributed by atoms with Crippen LogP contribution in [0.4, 0.5) is 4.39 Å². The predicted molar refractivity (Wildman–Crippen MR) is 63.1 cm³/mol. The van der Waals surface area contributed by atoms with Gasteiger partial charge in [-0.2, -0.15) is 0 Å². The number of hydrogen-bond donors (Lipinski definition) is 1. The molecule has 1 nitrogen and oxygen atoms in total. The van der Waals surface area contributed by atoms with Crippen molar-refractivity contribution in [3.8, 4) is 0 Å². The standard InChI is InChI=1S/C12H16FNS/c1-8-5-11(13)10(6-12(8)15-2)9-3-4-14-7-9/h5-6,9,14H,3-4,7H2,1-2H3. The van der Waals surface area contributed by atoms with Crippen LogP contribution < -0.4 is 5.32 Å². The Balaban J connectivity index is 2.37. The zero-order valence-electron chi connectivity index (χ0n) is 9.14. The topological polar surface area (TPSA) is 12.0 Å². The van der Waals surface area contributed by atoms with Crippen molar-refractivity contribution in [2.24, 2.45) is 0 Å². The van der Waals surface area contributed by atoms with Crippen LogP contribution >= 0.6 is 11.8 Å². The highest BCUT2D eigenvalue weighted by atomic mass is 32.2. The van der Waals surface area contributed by atoms with E-state index in [9.17, 15) is 4.39 Å². The molecular formula is C12H16FNS. The maximum atomic E-state index is 13.8. The van der Waals surface area contributed by atoms with Crippen LogP contribution in [0.15, 0.2) is 17.0 Å². The number of rotatable bonds is 2. The van der Waals surface area contributed by atoms with Gasteiger partial charge in [-0.3, -0.25) is 0 Å². The normalized spacial score (nSPS) is 20.9. The Morgan fingerprint density at radius 3 is 2.87 bits per heavy atom. The SMILES string of the molecule is CSc1cc(C2CCNC2)c(F)cc1C. The highest BCUT2D eigenvalue weighted by molar-refractivity contribution is 7.98. The lowest BCUT2D eigenvalue weighted by molar-refractivity contribution is 0.585. The minimum Gasteiger partial charge on any atom is -0.316 e. The number of benzene rings is 1. The first-order valence-corrected chi connectivity index (χ1v) is 6.49. The summed E-state index contributed by atoms with van der Waals surface area (Å²) < 4.78 is 13.8. The fraction of sp³-hybridized carbons (Fsp3) is 0.500. The molecular weight excluding hydrogens is 209 g/mol. The second kappa shape index (κ2) is 4.54. The van der Waals surface area contributed by atoms with Gasteiger partial charge in [0, 0.05) is 17.4 Å². The van der Waals surface area contributed by atoms with E-state index < -0.39 is 0 Å². The van der Waals surface area contributed by atoms with Gasteiger partial charge in [0.15, 0.2) is 0 Å². The van der Waals surface area contributed by atoms with Gasteiger partial charge in [0.1, 0.15) is 5.82 Å². The van der Waals surface area contributed by atoms with E-state index in [1.54, 1.807) is 17.8 Å². The monoisotopic (exact) mass is 225 g/mol. The van der Waals surface area contributed by atoms with E-state index >= 15 is 0 Å². The summed E-state index contributed by atoms with van der Waals surface area (Å²) in [6, 6.07) is 3.69. The van der Waals surface area contributed by atoms with Gasteiger partial charge in [-0.25, -0.2) is 4.39 Å². The molecule has 1 aromatic carbocycles. The van der Waals surface area contributed by atoms with Crippen LogP contribution in [0.5, 0.6) is 0 Å². The van der Waals surface area contributed by atoms with Crippen LogP contribution in [0.25, 0.3) is 0 Å². The number of halogens is 1. The molecule has 1 atom stereocenters. The molecule has 1 heterocycles. The highest BCUT2D eigenvalue weighted by Gasteiger charge is 2.20. The number of aryl methyl sites for hydroxylation is 1. The first-order chi connectivity index (χ1) is 7.22. The third kappa shape index (κ3) is 2.18. The first kappa shape index (κ1) is 11.0. The van der Waals surface area contributed by atoms with Crippen molar-refractivity contribution in [3.63, 3.8) is 0 Å². The summed E-state index contributed by atoms with van der Waals surface area (Å²) in [5.74, 6) is 0.315. The van der Waals surface area contributed by atoms with Crippen molar-refractivity contribution >= 4 is 11.8 Å². The first-order valence-electron chi connectivity index (χ1n) is 5.27. The van der Waals surface area contributed by atoms with Crippen molar-refractivity contribution in [2.45, 2.75) is 24.2 Å². The lowest BCUT2D eigenvalue weighted by Gasteiger charge is -2.13. The number of thioether (sulfide) groups is 1. The summed E-state index contributed by atoms with van der Waals surface area (Å²) in [7, 11) is 0. The van der Waals surface area contributed by atoms with Crippen molar-refractivity contribution < 1.29 is 4.39 Å². The molecule has 1 saturated heterocycles. The fourth-order valence-corrected chi connectivity index (χ4v) is 2.75. The Morgan fingerprint density at radius 1 is 1.47 bits per heavy atom. The Kier molecular flexibility index (Phi) is 3.32. The van der Waals surface area contributed by atoms with Gasteiger partial charge in [0.05, 0.1) is 0 Å². The van der Waals surface area contributed by atoms with E-state index in [1.165, 1.54) is 4.90 Å². The highest BCUT2D eigenvalue weighted by Crippen LogP contribution is 2.30. The van der Waals surface area contributed by atoms with Crippen LogP contribution in [0.3, 0.4) is 0 Å². The molecule has 1 aliphatic rings. The van der Waals surface area contributed by atoms with Gasteiger partial charge in [-0.05, 0) is 49.4 Å². The second-order valence-electron chi connectivity index (χ2n) is 4.03. The number of nitrogens with one attached hydrogen (secondary N) is 1. The second-order valence-corrected chi connectivity index (χ2v) is 4.88. The summed E-state index contributed by atoms with van der Waals surface area (Å²) in [5, 5.41) is 3.28. The van der Waals surface area contributed by atoms with Gasteiger partial charge >= 0.3 is 0 Å². The molecule has 1 fully saturated rings. The summed E-state index contributed by atoms with van der Waals surface area (Å²) in [4.78, 5) is 1.19. The molecule has 1 aliphatic heterocycles. The average molecular weight is 225 g/mol. The van der Waals surface area contributed by atoms with Crippen LogP contribution in [0, 0.1) is 12.7 Å². The molecule has 82 valence electrons. The van der Waals surface area contributed by atoms with Crippen LogP contribution in [0.2, 0.25) is 0 Å². The van der Waals surface area contributed by atoms with Crippen LogP contribution in [-0.2, 0) is 0 Å². The Labute approximate surface area is 94.5 Å². The molecule has 0 spiro atoms. The van der Waals surface area contributed by atoms with Crippen LogP contribution in [0.1, 0.15) is 23.5 Å². The summed E-state index contributed by atoms with van der Waals surface area (Å²) in [5.41, 5.74) is 1.92. The van der Waals surface area contributed by atoms with E-state index in [2.05, 4.69) is 5.32 Å². The Morgan fingerprint density at radius 2 is 2.27 bits per heavy atom. The average Bonchev–Trinajstić information content (AvgIpc) is 2.71. The quantitative estimate of drug-likeness (QED) is 0.777. The zero-order chi connectivity index (χ0) is 10.8. The fourth-order valence-electron chi connectivity index (χ4n) is 2.12. The van der Waals surface area contributed by atoms with Crippen molar-refractivity contribution in [3.05, 3.63) is 29.1 Å². The molecule has 0 saturated carbocycles. The summed E-state index contributed by atoms with van der Waals surface area (Å²) in [6.45, 7) is 3.88. The molecule has 1 N–H and O–H groups in total. The van der Waals surface area contributed by atoms with E-state index in [1.807, 2.05) is 19.2 Å². The van der Waals surface area contributed by atoms with Gasteiger partial charge in [0.2, 0.25) is 0 Å². The summed E-state index contributed by atoms with van der Waals surface area (Å²) >= 11 is 1.69. The maximum absolute atomic E-state index is 13.8. The van der Waals surface area contributed by atoms with E-state index in [0.717, 1.165) is 30.6 Å². The van der Waals surface area contributed by atoms with Crippen molar-refractivity contribution in [1.82, 2.24) is 5.32 Å². The lowest BCUT2D eigenvalue weighted by Crippen LogP contribution is -2.09. The smallest absolute Gasteiger partial charge is 0.127 e. The molecule has 2 rings (SSSR count). The van der Waals surface area contributed by atoms with Gasteiger partial charge < -0.3 is 5.32 Å². The van der Waals surface area contributed by atoms with E-state index in [-0.39, 0.29) is 5.82 Å². The van der Waals surface area contributed by atoms with Crippen molar-refractivity contribution in [2.75, 3.05) is 19.3 Å². The third-order valence-corrected chi connectivity index (χ3v) is 3.89. The van der Waals surface area contributed by atoms with Crippen LogP contribution in [-0.4, -0.2) is 19.3 Å². The Bertz CT molecular complexity index is 359. The van der Waals surface area contributed by atoms with Gasteiger partial charge in [-0.1, -0.05) is 0 Å². The molecule has 0 bridgehead atoms. The molecule has 0 radical (unpaired) electrons. The molecule has 3 heteroatoms. The summed E-state index contributed by atoms with van der Waals surface area (Å²) in [6.07, 6.45) is 3.09. The molecule has 1 aromatic rings. The lowest BCUT2D eigenvalue weighted by atomic mass is 9.97. The van der Waals surface area contributed by atoms with E-state index in [0.29, 0.717) is 5.92 Å². The maximum Gasteiger partial charge on any atom is 0.127 e. The van der Waals surface area contributed by atoms with Crippen molar-refractivity contribution in [1.29, 1.82) is 0 Å². The third-order valence-electron chi connectivity index (χ3n) is 3.01. The Hall–Kier alpha value is -0.540. The largest absolute Gasteiger partial charge is 0.316 e. The minimum atomic E-state index is -0.0426. The van der Waals surface area contributed by atoms with E-state index in [4.69, 9.17) is 0 Å². The zero-order valence-corrected chi connectivity index (χ0v) is 9.96. The molecule has 0 amide bonds. The molecule has 1 unspecified atom stereocenters.